The number of benzene rings is 3. The van der Waals surface area contributed by atoms with E-state index in [0.717, 1.165) is 21.4 Å². The van der Waals surface area contributed by atoms with Crippen LogP contribution in [-0.2, 0) is 16.1 Å². The highest BCUT2D eigenvalue weighted by atomic mass is 35.5. The van der Waals surface area contributed by atoms with E-state index in [4.69, 9.17) is 32.7 Å². The summed E-state index contributed by atoms with van der Waals surface area (Å²) in [6, 6.07) is 22.8. The number of pyridine rings is 1. The lowest BCUT2D eigenvalue weighted by Crippen LogP contribution is -2.48. The first kappa shape index (κ1) is 29.9. The Labute approximate surface area is 268 Å². The van der Waals surface area contributed by atoms with Crippen LogP contribution in [0.3, 0.4) is 0 Å². The molecule has 6 rings (SSSR count). The lowest BCUT2D eigenvalue weighted by Gasteiger charge is -2.36. The van der Waals surface area contributed by atoms with Gasteiger partial charge in [0.05, 0.1) is 44.6 Å². The number of thioether (sulfide) groups is 1. The molecule has 3 aromatic carbocycles. The quantitative estimate of drug-likeness (QED) is 0.176. The van der Waals surface area contributed by atoms with Gasteiger partial charge in [-0.1, -0.05) is 35.3 Å². The topological polar surface area (TPSA) is 96.5 Å². The van der Waals surface area contributed by atoms with Gasteiger partial charge in [-0.3, -0.25) is 19.5 Å². The third-order valence-electron chi connectivity index (χ3n) is 7.65. The molecule has 0 spiro atoms. The molecule has 11 heteroatoms. The molecule has 2 atom stereocenters. The summed E-state index contributed by atoms with van der Waals surface area (Å²) in [4.78, 5) is 39.1. The van der Waals surface area contributed by atoms with Crippen LogP contribution in [0.2, 0.25) is 10.0 Å². The Bertz CT molecular complexity index is 1830. The minimum atomic E-state index is -1.32. The molecular weight excluding hydrogens is 619 g/mol. The lowest BCUT2D eigenvalue weighted by molar-refractivity contribution is -0.125. The van der Waals surface area contributed by atoms with Crippen LogP contribution < -0.4 is 19.7 Å². The largest absolute Gasteiger partial charge is 0.497 e. The molecule has 3 heterocycles. The highest BCUT2D eigenvalue weighted by molar-refractivity contribution is 8.01. The molecule has 1 saturated heterocycles. The van der Waals surface area contributed by atoms with Crippen LogP contribution in [0.4, 0.5) is 5.69 Å². The second kappa shape index (κ2) is 12.4. The Hall–Kier alpha value is -4.18. The molecule has 8 nitrogen and oxygen atoms in total. The molecular formula is C33H28Cl2N4O4S. The molecule has 2 unspecified atom stereocenters. The van der Waals surface area contributed by atoms with E-state index in [2.05, 4.69) is 15.3 Å². The van der Waals surface area contributed by atoms with Gasteiger partial charge >= 0.3 is 0 Å². The number of nitrogens with zero attached hydrogens (tertiary/aromatic N) is 2. The summed E-state index contributed by atoms with van der Waals surface area (Å²) in [7, 11) is 3.10. The van der Waals surface area contributed by atoms with Crippen molar-refractivity contribution in [2.75, 3.05) is 19.1 Å². The van der Waals surface area contributed by atoms with E-state index in [1.54, 1.807) is 54.6 Å². The number of H-pyrrole nitrogens is 1. The molecule has 2 aromatic heterocycles. The second-order valence-corrected chi connectivity index (χ2v) is 12.5. The van der Waals surface area contributed by atoms with Gasteiger partial charge in [-0.25, -0.2) is 0 Å². The number of carbonyl (C=O) groups excluding carboxylic acids is 2. The predicted molar refractivity (Wildman–Crippen MR) is 174 cm³/mol. The summed E-state index contributed by atoms with van der Waals surface area (Å²) in [6.45, 7) is 0.193. The number of rotatable bonds is 9. The molecule has 0 bridgehead atoms. The highest BCUT2D eigenvalue weighted by Crippen LogP contribution is 2.56. The number of hydrogen-bond acceptors (Lipinski definition) is 6. The van der Waals surface area contributed by atoms with E-state index in [1.807, 2.05) is 48.7 Å². The van der Waals surface area contributed by atoms with Gasteiger partial charge in [0, 0.05) is 49.9 Å². The molecule has 2 N–H and O–H groups in total. The number of hydrogen-bond donors (Lipinski definition) is 2. The summed E-state index contributed by atoms with van der Waals surface area (Å²) in [5, 5.41) is 5.07. The maximum absolute atomic E-state index is 14.6. The summed E-state index contributed by atoms with van der Waals surface area (Å²) in [6.07, 6.45) is 3.43. The number of nitrogens with one attached hydrogen (secondary N) is 2. The van der Waals surface area contributed by atoms with Crippen LogP contribution in [-0.4, -0.2) is 40.7 Å². The van der Waals surface area contributed by atoms with Crippen LogP contribution in [0.1, 0.15) is 23.7 Å². The first-order valence-electron chi connectivity index (χ1n) is 13.8. The van der Waals surface area contributed by atoms with E-state index >= 15 is 0 Å². The molecule has 5 aromatic rings. The highest BCUT2D eigenvalue weighted by Gasteiger charge is 2.59. The van der Waals surface area contributed by atoms with Gasteiger partial charge in [0.2, 0.25) is 11.8 Å². The Balaban J connectivity index is 1.56. The number of methoxy groups -OCH3 is 2. The Morgan fingerprint density at radius 1 is 1.05 bits per heavy atom. The average Bonchev–Trinajstić information content (AvgIpc) is 3.58. The van der Waals surface area contributed by atoms with E-state index in [9.17, 15) is 9.59 Å². The van der Waals surface area contributed by atoms with E-state index in [1.165, 1.54) is 18.9 Å². The maximum atomic E-state index is 14.6. The molecule has 1 aliphatic rings. The number of anilines is 1. The van der Waals surface area contributed by atoms with Crippen molar-refractivity contribution in [2.45, 2.75) is 28.6 Å². The molecule has 224 valence electrons. The van der Waals surface area contributed by atoms with Gasteiger partial charge in [0.15, 0.2) is 0 Å². The minimum absolute atomic E-state index is 0.0888. The lowest BCUT2D eigenvalue weighted by atomic mass is 9.91. The monoisotopic (exact) mass is 646 g/mol. The van der Waals surface area contributed by atoms with Crippen molar-refractivity contribution in [3.63, 3.8) is 0 Å². The number of carbonyl (C=O) groups is 2. The molecule has 2 amide bonds. The van der Waals surface area contributed by atoms with Gasteiger partial charge in [0.25, 0.3) is 0 Å². The van der Waals surface area contributed by atoms with E-state index < -0.39 is 10.8 Å². The molecule has 1 fully saturated rings. The van der Waals surface area contributed by atoms with Gasteiger partial charge < -0.3 is 19.8 Å². The zero-order chi connectivity index (χ0) is 30.8. The van der Waals surface area contributed by atoms with Crippen molar-refractivity contribution in [3.05, 3.63) is 113 Å². The first-order valence-corrected chi connectivity index (χ1v) is 15.3. The van der Waals surface area contributed by atoms with Gasteiger partial charge in [-0.15, -0.1) is 11.8 Å². The maximum Gasteiger partial charge on any atom is 0.239 e. The van der Waals surface area contributed by atoms with Crippen LogP contribution >= 0.6 is 35.0 Å². The number of halogens is 2. The van der Waals surface area contributed by atoms with Crippen LogP contribution in [0.25, 0.3) is 10.9 Å². The van der Waals surface area contributed by atoms with Crippen LogP contribution in [0.15, 0.2) is 96.2 Å². The standard InChI is InChI=1S/C33H28Cl2N4O4S/c1-42-23-9-13-28(29(16-23)43-2)39-30(40)17-33(44-24-10-6-20(34)7-11-24,32(41)38-18-22-5-3-4-14-36-22)31(39)26-19-37-27-15-21(35)8-12-25(26)27/h3-16,19,31,37H,17-18H2,1-2H3,(H,38,41). The third kappa shape index (κ3) is 5.58. The molecule has 0 saturated carbocycles. The first-order chi connectivity index (χ1) is 21.3. The Kier molecular flexibility index (Phi) is 8.44. The van der Waals surface area contributed by atoms with Gasteiger partial charge in [0.1, 0.15) is 16.2 Å². The van der Waals surface area contributed by atoms with E-state index in [-0.39, 0.29) is 24.8 Å². The number of amides is 2. The smallest absolute Gasteiger partial charge is 0.239 e. The average molecular weight is 648 g/mol. The van der Waals surface area contributed by atoms with Gasteiger partial charge in [-0.05, 0) is 60.7 Å². The third-order valence-corrected chi connectivity index (χ3v) is 9.57. The zero-order valence-electron chi connectivity index (χ0n) is 23.8. The summed E-state index contributed by atoms with van der Waals surface area (Å²) in [5.41, 5.74) is 2.76. The number of aromatic amines is 1. The van der Waals surface area contributed by atoms with Crippen molar-refractivity contribution in [1.82, 2.24) is 15.3 Å². The molecule has 44 heavy (non-hydrogen) atoms. The van der Waals surface area contributed by atoms with Crippen LogP contribution in [0.5, 0.6) is 11.5 Å². The molecule has 0 aliphatic carbocycles. The van der Waals surface area contributed by atoms with Crippen molar-refractivity contribution < 1.29 is 19.1 Å². The van der Waals surface area contributed by atoms with Crippen molar-refractivity contribution >= 4 is 63.4 Å². The van der Waals surface area contributed by atoms with Crippen molar-refractivity contribution in [2.24, 2.45) is 0 Å². The second-order valence-electron chi connectivity index (χ2n) is 10.3. The summed E-state index contributed by atoms with van der Waals surface area (Å²) >= 11 is 13.9. The SMILES string of the molecule is COc1ccc(N2C(=O)CC(Sc3ccc(Cl)cc3)(C(=O)NCc3ccccn3)C2c2c[nH]c3cc(Cl)ccc23)c(OC)c1. The fourth-order valence-electron chi connectivity index (χ4n) is 5.63. The number of aromatic nitrogens is 2. The minimum Gasteiger partial charge on any atom is -0.497 e. The molecule has 1 aliphatic heterocycles. The predicted octanol–water partition coefficient (Wildman–Crippen LogP) is 7.21. The fraction of sp³-hybridized carbons (Fsp3) is 0.182. The number of fused-ring (bicyclic) bond motifs is 1. The summed E-state index contributed by atoms with van der Waals surface area (Å²) < 4.78 is 9.86. The zero-order valence-corrected chi connectivity index (χ0v) is 26.2. The Morgan fingerprint density at radius 2 is 1.84 bits per heavy atom. The fourth-order valence-corrected chi connectivity index (χ4v) is 7.33. The Morgan fingerprint density at radius 3 is 2.57 bits per heavy atom. The van der Waals surface area contributed by atoms with Gasteiger partial charge in [-0.2, -0.15) is 0 Å². The van der Waals surface area contributed by atoms with Crippen molar-refractivity contribution in [1.29, 1.82) is 0 Å². The van der Waals surface area contributed by atoms with Crippen molar-refractivity contribution in [3.8, 4) is 11.5 Å². The van der Waals surface area contributed by atoms with Crippen LogP contribution in [0, 0.1) is 0 Å². The van der Waals surface area contributed by atoms with E-state index in [0.29, 0.717) is 32.9 Å². The number of ether oxygens (including phenoxy) is 2. The normalized spacial score (nSPS) is 18.0. The molecule has 0 radical (unpaired) electrons. The summed E-state index contributed by atoms with van der Waals surface area (Å²) in [5.74, 6) is 0.466.